The van der Waals surface area contributed by atoms with Crippen LogP contribution < -0.4 is 5.32 Å². The Hall–Kier alpha value is -1.01. The topological polar surface area (TPSA) is 46.2 Å². The second-order valence-electron chi connectivity index (χ2n) is 5.02. The number of benzene rings is 1. The molecule has 0 spiro atoms. The Balaban J connectivity index is 2.84. The molecule has 1 aromatic rings. The van der Waals surface area contributed by atoms with Crippen molar-refractivity contribution in [2.24, 2.45) is 0 Å². The summed E-state index contributed by atoms with van der Waals surface area (Å²) < 4.78 is 50.6. The van der Waals surface area contributed by atoms with E-state index >= 15 is 0 Å². The Labute approximate surface area is 119 Å². The van der Waals surface area contributed by atoms with Gasteiger partial charge in [-0.15, -0.1) is 0 Å². The maximum atomic E-state index is 13.2. The highest BCUT2D eigenvalue weighted by Crippen LogP contribution is 2.21. The van der Waals surface area contributed by atoms with Crippen molar-refractivity contribution in [1.82, 2.24) is 5.32 Å². The van der Waals surface area contributed by atoms with Crippen molar-refractivity contribution in [2.45, 2.75) is 49.8 Å². The molecule has 6 heteroatoms. The molecule has 2 unspecified atom stereocenters. The van der Waals surface area contributed by atoms with Gasteiger partial charge in [0.25, 0.3) is 0 Å². The summed E-state index contributed by atoms with van der Waals surface area (Å²) >= 11 is 0. The molecule has 0 amide bonds. The monoisotopic (exact) mass is 305 g/mol. The van der Waals surface area contributed by atoms with E-state index in [4.69, 9.17) is 0 Å². The molecular weight excluding hydrogens is 284 g/mol. The molecule has 0 aromatic heterocycles. The molecule has 1 aromatic carbocycles. The van der Waals surface area contributed by atoms with Crippen molar-refractivity contribution >= 4 is 9.84 Å². The smallest absolute Gasteiger partial charge is 0.181 e. The molecule has 0 aliphatic heterocycles. The molecule has 0 aliphatic rings. The zero-order valence-electron chi connectivity index (χ0n) is 12.0. The van der Waals surface area contributed by atoms with Crippen LogP contribution >= 0.6 is 0 Å². The van der Waals surface area contributed by atoms with E-state index in [1.54, 1.807) is 6.92 Å². The van der Waals surface area contributed by atoms with Crippen LogP contribution in [0.15, 0.2) is 23.1 Å². The van der Waals surface area contributed by atoms with E-state index < -0.39 is 26.7 Å². The Morgan fingerprint density at radius 1 is 1.20 bits per heavy atom. The van der Waals surface area contributed by atoms with Gasteiger partial charge >= 0.3 is 0 Å². The zero-order valence-corrected chi connectivity index (χ0v) is 12.8. The summed E-state index contributed by atoms with van der Waals surface area (Å²) in [5.41, 5.74) is 0. The van der Waals surface area contributed by atoms with Crippen molar-refractivity contribution in [3.63, 3.8) is 0 Å². The number of rotatable bonds is 7. The van der Waals surface area contributed by atoms with Gasteiger partial charge in [-0.05, 0) is 51.4 Å². The van der Waals surface area contributed by atoms with Gasteiger partial charge in [-0.2, -0.15) is 0 Å². The van der Waals surface area contributed by atoms with Crippen molar-refractivity contribution in [2.75, 3.05) is 6.54 Å². The largest absolute Gasteiger partial charge is 0.314 e. The van der Waals surface area contributed by atoms with Crippen molar-refractivity contribution in [3.8, 4) is 0 Å². The van der Waals surface area contributed by atoms with E-state index in [1.165, 1.54) is 0 Å². The molecule has 0 saturated carbocycles. The molecular formula is C14H21F2NO2S. The first-order chi connectivity index (χ1) is 9.28. The van der Waals surface area contributed by atoms with Crippen LogP contribution in [0.2, 0.25) is 0 Å². The Morgan fingerprint density at radius 2 is 1.85 bits per heavy atom. The van der Waals surface area contributed by atoms with Crippen LogP contribution in [0.3, 0.4) is 0 Å². The first kappa shape index (κ1) is 17.0. The maximum absolute atomic E-state index is 13.2. The van der Waals surface area contributed by atoms with Gasteiger partial charge in [0.05, 0.1) is 10.1 Å². The van der Waals surface area contributed by atoms with Crippen LogP contribution in [0, 0.1) is 11.6 Å². The number of hydrogen-bond acceptors (Lipinski definition) is 3. The standard InChI is InChI=1S/C14H21F2NO2S/c1-4-7-17-10(2)8-11(3)20(18,19)12-5-6-13(15)14(16)9-12/h5-6,9-11,17H,4,7-8H2,1-3H3. The van der Waals surface area contributed by atoms with Gasteiger partial charge in [0.15, 0.2) is 21.5 Å². The van der Waals surface area contributed by atoms with Crippen LogP contribution in [0.4, 0.5) is 8.78 Å². The lowest BCUT2D eigenvalue weighted by molar-refractivity contribution is 0.493. The van der Waals surface area contributed by atoms with Gasteiger partial charge < -0.3 is 5.32 Å². The molecule has 0 fully saturated rings. The van der Waals surface area contributed by atoms with Crippen LogP contribution in [0.5, 0.6) is 0 Å². The van der Waals surface area contributed by atoms with Crippen LogP contribution in [0.25, 0.3) is 0 Å². The minimum atomic E-state index is -3.65. The number of nitrogens with one attached hydrogen (secondary N) is 1. The Kier molecular flexibility index (Phi) is 6.07. The SMILES string of the molecule is CCCNC(C)CC(C)S(=O)(=O)c1ccc(F)c(F)c1. The molecule has 3 nitrogen and oxygen atoms in total. The third-order valence-electron chi connectivity index (χ3n) is 3.18. The highest BCUT2D eigenvalue weighted by molar-refractivity contribution is 7.92. The quantitative estimate of drug-likeness (QED) is 0.788. The van der Waals surface area contributed by atoms with Crippen LogP contribution in [-0.2, 0) is 9.84 Å². The molecule has 20 heavy (non-hydrogen) atoms. The summed E-state index contributed by atoms with van der Waals surface area (Å²) in [6, 6.07) is 2.73. The summed E-state index contributed by atoms with van der Waals surface area (Å²) in [4.78, 5) is -0.174. The molecule has 1 rings (SSSR count). The molecule has 0 bridgehead atoms. The summed E-state index contributed by atoms with van der Waals surface area (Å²) in [5.74, 6) is -2.19. The predicted molar refractivity (Wildman–Crippen MR) is 75.4 cm³/mol. The molecule has 2 atom stereocenters. The molecule has 0 saturated heterocycles. The van der Waals surface area contributed by atoms with Gasteiger partial charge in [-0.25, -0.2) is 17.2 Å². The molecule has 0 aliphatic carbocycles. The van der Waals surface area contributed by atoms with Gasteiger partial charge in [-0.3, -0.25) is 0 Å². The number of hydrogen-bond donors (Lipinski definition) is 1. The first-order valence-electron chi connectivity index (χ1n) is 6.71. The van der Waals surface area contributed by atoms with Crippen molar-refractivity contribution < 1.29 is 17.2 Å². The van der Waals surface area contributed by atoms with Crippen molar-refractivity contribution in [3.05, 3.63) is 29.8 Å². The Bertz CT molecular complexity index is 546. The average Bonchev–Trinajstić information content (AvgIpc) is 2.39. The minimum absolute atomic E-state index is 0.0463. The van der Waals surface area contributed by atoms with E-state index in [0.29, 0.717) is 6.42 Å². The fourth-order valence-electron chi connectivity index (χ4n) is 1.98. The van der Waals surface area contributed by atoms with E-state index in [2.05, 4.69) is 5.32 Å². The van der Waals surface area contributed by atoms with Crippen LogP contribution in [0.1, 0.15) is 33.6 Å². The first-order valence-corrected chi connectivity index (χ1v) is 8.26. The van der Waals surface area contributed by atoms with Gasteiger partial charge in [0, 0.05) is 6.04 Å². The molecule has 1 N–H and O–H groups in total. The third-order valence-corrected chi connectivity index (χ3v) is 5.34. The fourth-order valence-corrected chi connectivity index (χ4v) is 3.52. The predicted octanol–water partition coefficient (Wildman–Crippen LogP) is 2.91. The summed E-state index contributed by atoms with van der Waals surface area (Å²) in [6.07, 6.45) is 1.38. The maximum Gasteiger partial charge on any atom is 0.181 e. The second-order valence-corrected chi connectivity index (χ2v) is 7.39. The molecule has 114 valence electrons. The average molecular weight is 305 g/mol. The lowest BCUT2D eigenvalue weighted by Gasteiger charge is -2.19. The second kappa shape index (κ2) is 7.13. The van der Waals surface area contributed by atoms with Gasteiger partial charge in [0.2, 0.25) is 0 Å². The zero-order chi connectivity index (χ0) is 15.3. The number of halogens is 2. The summed E-state index contributed by atoms with van der Waals surface area (Å²) in [5, 5.41) is 2.55. The minimum Gasteiger partial charge on any atom is -0.314 e. The van der Waals surface area contributed by atoms with E-state index in [1.807, 2.05) is 13.8 Å². The highest BCUT2D eigenvalue weighted by Gasteiger charge is 2.25. The van der Waals surface area contributed by atoms with Crippen LogP contribution in [-0.4, -0.2) is 26.3 Å². The summed E-state index contributed by atoms with van der Waals surface area (Å²) in [7, 11) is -3.65. The number of sulfone groups is 1. The Morgan fingerprint density at radius 3 is 2.40 bits per heavy atom. The highest BCUT2D eigenvalue weighted by atomic mass is 32.2. The third kappa shape index (κ3) is 4.24. The van der Waals surface area contributed by atoms with E-state index in [0.717, 1.165) is 31.2 Å². The fraction of sp³-hybridized carbons (Fsp3) is 0.571. The van der Waals surface area contributed by atoms with Gasteiger partial charge in [-0.1, -0.05) is 6.92 Å². The van der Waals surface area contributed by atoms with E-state index in [9.17, 15) is 17.2 Å². The van der Waals surface area contributed by atoms with Crippen molar-refractivity contribution in [1.29, 1.82) is 0 Å². The lowest BCUT2D eigenvalue weighted by atomic mass is 10.2. The summed E-state index contributed by atoms with van der Waals surface area (Å²) in [6.45, 7) is 6.34. The van der Waals surface area contributed by atoms with E-state index in [-0.39, 0.29) is 10.9 Å². The lowest BCUT2D eigenvalue weighted by Crippen LogP contribution is -2.32. The van der Waals surface area contributed by atoms with Gasteiger partial charge in [0.1, 0.15) is 0 Å². The molecule has 0 heterocycles. The normalized spacial score (nSPS) is 15.1. The molecule has 0 radical (unpaired) electrons.